The fraction of sp³-hybridized carbons (Fsp3) is 0.105. The Kier molecular flexibility index (Phi) is 5.11. The molecule has 0 spiro atoms. The van der Waals surface area contributed by atoms with Crippen LogP contribution in [0.1, 0.15) is 27.2 Å². The van der Waals surface area contributed by atoms with Crippen molar-refractivity contribution in [3.8, 4) is 17.6 Å². The molecule has 0 saturated heterocycles. The fourth-order valence-corrected chi connectivity index (χ4v) is 2.94. The number of carbonyl (C=O) groups is 1. The van der Waals surface area contributed by atoms with Crippen molar-refractivity contribution in [3.63, 3.8) is 0 Å². The second-order valence-corrected chi connectivity index (χ2v) is 6.46. The number of rotatable bonds is 4. The highest BCUT2D eigenvalue weighted by atomic mass is 19.4. The number of alkyl halides is 3. The lowest BCUT2D eigenvalue weighted by Crippen LogP contribution is -2.21. The van der Waals surface area contributed by atoms with Crippen LogP contribution < -0.4 is 5.32 Å². The number of aryl methyl sites for hydroxylation is 1. The average Bonchev–Trinajstić information content (AvgIpc) is 3.44. The summed E-state index contributed by atoms with van der Waals surface area (Å²) >= 11 is 0. The molecule has 0 unspecified atom stereocenters. The van der Waals surface area contributed by atoms with Gasteiger partial charge in [0.2, 0.25) is 0 Å². The van der Waals surface area contributed by atoms with Gasteiger partial charge >= 0.3 is 6.18 Å². The normalized spacial score (nSPS) is 11.2. The number of carbonyl (C=O) groups excluding carboxylic acids is 1. The minimum atomic E-state index is -4.88. The SMILES string of the molecule is Cc1ccncc1-n1ncc(C(=O)Nc2cnc(-n3nccn3)c(C#N)c2)c1C(F)(F)F. The topological polar surface area (TPSA) is 127 Å². The molecule has 0 aliphatic carbocycles. The summed E-state index contributed by atoms with van der Waals surface area (Å²) in [4.78, 5) is 21.7. The number of aromatic nitrogens is 7. The molecule has 4 heterocycles. The molecule has 10 nitrogen and oxygen atoms in total. The van der Waals surface area contributed by atoms with Gasteiger partial charge in [0.25, 0.3) is 5.91 Å². The monoisotopic (exact) mass is 439 g/mol. The summed E-state index contributed by atoms with van der Waals surface area (Å²) in [7, 11) is 0. The maximum atomic E-state index is 13.9. The number of anilines is 1. The van der Waals surface area contributed by atoms with Gasteiger partial charge in [-0.3, -0.25) is 9.78 Å². The highest BCUT2D eigenvalue weighted by molar-refractivity contribution is 6.05. The van der Waals surface area contributed by atoms with Crippen molar-refractivity contribution < 1.29 is 18.0 Å². The van der Waals surface area contributed by atoms with E-state index in [-0.39, 0.29) is 22.8 Å². The maximum Gasteiger partial charge on any atom is 0.434 e. The Morgan fingerprint density at radius 1 is 1.12 bits per heavy atom. The molecule has 1 amide bonds. The van der Waals surface area contributed by atoms with Crippen LogP contribution in [0.2, 0.25) is 0 Å². The lowest BCUT2D eigenvalue weighted by atomic mass is 10.2. The van der Waals surface area contributed by atoms with E-state index in [0.717, 1.165) is 11.0 Å². The Bertz CT molecular complexity index is 1340. The first-order valence-corrected chi connectivity index (χ1v) is 8.94. The number of nitrogens with one attached hydrogen (secondary N) is 1. The number of nitriles is 1. The zero-order valence-electron chi connectivity index (χ0n) is 16.2. The lowest BCUT2D eigenvalue weighted by molar-refractivity contribution is -0.143. The molecular formula is C19H12F3N9O. The highest BCUT2D eigenvalue weighted by Crippen LogP contribution is 2.34. The molecule has 32 heavy (non-hydrogen) atoms. The average molecular weight is 439 g/mol. The molecule has 1 N–H and O–H groups in total. The third-order valence-corrected chi connectivity index (χ3v) is 4.38. The van der Waals surface area contributed by atoms with Crippen LogP contribution >= 0.6 is 0 Å². The summed E-state index contributed by atoms with van der Waals surface area (Å²) in [6.07, 6.45) is 2.57. The van der Waals surface area contributed by atoms with E-state index in [4.69, 9.17) is 0 Å². The molecule has 0 saturated carbocycles. The molecule has 0 atom stereocenters. The number of pyridine rings is 2. The zero-order chi connectivity index (χ0) is 22.9. The van der Waals surface area contributed by atoms with E-state index in [1.807, 2.05) is 6.07 Å². The molecule has 0 aliphatic rings. The van der Waals surface area contributed by atoms with Gasteiger partial charge in [0.05, 0.1) is 47.9 Å². The molecular weight excluding hydrogens is 427 g/mol. The molecule has 0 radical (unpaired) electrons. The fourth-order valence-electron chi connectivity index (χ4n) is 2.94. The van der Waals surface area contributed by atoms with Crippen LogP contribution in [0.3, 0.4) is 0 Å². The number of halogens is 3. The standard InChI is InChI=1S/C19H12F3N9O/c1-11-2-3-24-10-15(11)30-16(19(20,21)22)14(9-28-30)18(32)29-13-6-12(7-23)17(25-8-13)31-26-4-5-27-31/h2-6,8-10H,1H3,(H,29,32). The van der Waals surface area contributed by atoms with Crippen molar-refractivity contribution in [3.05, 3.63) is 71.7 Å². The van der Waals surface area contributed by atoms with Crippen molar-refractivity contribution in [1.29, 1.82) is 5.26 Å². The van der Waals surface area contributed by atoms with Gasteiger partial charge in [-0.25, -0.2) is 9.67 Å². The molecule has 4 rings (SSSR count). The van der Waals surface area contributed by atoms with Crippen LogP contribution in [0.25, 0.3) is 11.5 Å². The first-order valence-electron chi connectivity index (χ1n) is 8.94. The first kappa shape index (κ1) is 20.7. The summed E-state index contributed by atoms with van der Waals surface area (Å²) in [6.45, 7) is 1.60. The van der Waals surface area contributed by atoms with Crippen LogP contribution in [-0.4, -0.2) is 40.6 Å². The minimum Gasteiger partial charge on any atom is -0.320 e. The van der Waals surface area contributed by atoms with Gasteiger partial charge in [0.1, 0.15) is 11.6 Å². The van der Waals surface area contributed by atoms with Crippen LogP contribution in [-0.2, 0) is 6.18 Å². The van der Waals surface area contributed by atoms with Gasteiger partial charge in [-0.05, 0) is 24.6 Å². The van der Waals surface area contributed by atoms with Crippen molar-refractivity contribution in [1.82, 2.24) is 34.7 Å². The quantitative estimate of drug-likeness (QED) is 0.518. The zero-order valence-corrected chi connectivity index (χ0v) is 16.2. The van der Waals surface area contributed by atoms with Crippen LogP contribution in [0.4, 0.5) is 18.9 Å². The first-order chi connectivity index (χ1) is 15.3. The largest absolute Gasteiger partial charge is 0.434 e. The van der Waals surface area contributed by atoms with Crippen molar-refractivity contribution in [2.24, 2.45) is 0 Å². The Morgan fingerprint density at radius 2 is 1.88 bits per heavy atom. The third kappa shape index (κ3) is 3.76. The van der Waals surface area contributed by atoms with Gasteiger partial charge in [-0.15, -0.1) is 4.80 Å². The number of hydrogen-bond acceptors (Lipinski definition) is 7. The molecule has 0 fully saturated rings. The van der Waals surface area contributed by atoms with Gasteiger partial charge in [0.15, 0.2) is 11.5 Å². The van der Waals surface area contributed by atoms with Gasteiger partial charge in [0, 0.05) is 6.20 Å². The van der Waals surface area contributed by atoms with Crippen molar-refractivity contribution in [2.45, 2.75) is 13.1 Å². The summed E-state index contributed by atoms with van der Waals surface area (Å²) in [5.74, 6) is -0.966. The molecule has 4 aromatic rings. The van der Waals surface area contributed by atoms with E-state index < -0.39 is 23.3 Å². The van der Waals surface area contributed by atoms with Crippen LogP contribution in [0.5, 0.6) is 0 Å². The predicted octanol–water partition coefficient (Wildman–Crippen LogP) is 2.69. The van der Waals surface area contributed by atoms with Gasteiger partial charge in [-0.2, -0.15) is 33.7 Å². The molecule has 13 heteroatoms. The second kappa shape index (κ2) is 7.91. The minimum absolute atomic E-state index is 0.0109. The van der Waals surface area contributed by atoms with Gasteiger partial charge in [-0.1, -0.05) is 0 Å². The number of hydrogen-bond donors (Lipinski definition) is 1. The van der Waals surface area contributed by atoms with E-state index in [1.165, 1.54) is 43.1 Å². The molecule has 160 valence electrons. The maximum absolute atomic E-state index is 13.9. The van der Waals surface area contributed by atoms with Crippen molar-refractivity contribution in [2.75, 3.05) is 5.32 Å². The van der Waals surface area contributed by atoms with E-state index in [0.29, 0.717) is 10.2 Å². The third-order valence-electron chi connectivity index (χ3n) is 4.38. The predicted molar refractivity (Wildman–Crippen MR) is 103 cm³/mol. The molecule has 0 aromatic carbocycles. The van der Waals surface area contributed by atoms with Crippen LogP contribution in [0.15, 0.2) is 49.3 Å². The summed E-state index contributed by atoms with van der Waals surface area (Å²) < 4.78 is 42.2. The number of amides is 1. The molecule has 4 aromatic heterocycles. The van der Waals surface area contributed by atoms with Gasteiger partial charge < -0.3 is 5.32 Å². The summed E-state index contributed by atoms with van der Waals surface area (Å²) in [6, 6.07) is 4.67. The van der Waals surface area contributed by atoms with E-state index >= 15 is 0 Å². The van der Waals surface area contributed by atoms with Crippen LogP contribution in [0, 0.1) is 18.3 Å². The second-order valence-electron chi connectivity index (χ2n) is 6.46. The smallest absolute Gasteiger partial charge is 0.320 e. The van der Waals surface area contributed by atoms with E-state index in [9.17, 15) is 23.2 Å². The Balaban J connectivity index is 1.70. The Labute approximate surface area is 178 Å². The molecule has 0 aliphatic heterocycles. The highest BCUT2D eigenvalue weighted by Gasteiger charge is 2.41. The Hall–Kier alpha value is -4.60. The number of nitrogens with zero attached hydrogens (tertiary/aromatic N) is 8. The van der Waals surface area contributed by atoms with E-state index in [1.54, 1.807) is 6.92 Å². The summed E-state index contributed by atoms with van der Waals surface area (Å²) in [5, 5.41) is 23.2. The Morgan fingerprint density at radius 3 is 2.53 bits per heavy atom. The van der Waals surface area contributed by atoms with E-state index in [2.05, 4.69) is 30.6 Å². The molecule has 0 bridgehead atoms. The lowest BCUT2D eigenvalue weighted by Gasteiger charge is -2.14. The van der Waals surface area contributed by atoms with Crippen molar-refractivity contribution >= 4 is 11.6 Å². The summed E-state index contributed by atoms with van der Waals surface area (Å²) in [5.41, 5.74) is -1.35.